The third kappa shape index (κ3) is 2.74. The van der Waals surface area contributed by atoms with Crippen molar-refractivity contribution in [3.63, 3.8) is 0 Å². The first-order valence-electron chi connectivity index (χ1n) is 6.05. The molecule has 0 spiro atoms. The number of hydrogen-bond donors (Lipinski definition) is 1. The second kappa shape index (κ2) is 5.64. The fourth-order valence-corrected chi connectivity index (χ4v) is 1.76. The maximum Gasteiger partial charge on any atom is 0.337 e. The molecular formula is C14H16N2O4. The van der Waals surface area contributed by atoms with Crippen LogP contribution in [0.5, 0.6) is 5.75 Å². The highest BCUT2D eigenvalue weighted by Crippen LogP contribution is 2.25. The van der Waals surface area contributed by atoms with Gasteiger partial charge in [0.2, 0.25) is 0 Å². The number of ether oxygens (including phenoxy) is 2. The lowest BCUT2D eigenvalue weighted by molar-refractivity contribution is 0.0600. The smallest absolute Gasteiger partial charge is 0.337 e. The molecule has 0 bridgehead atoms. The minimum Gasteiger partial charge on any atom is -0.487 e. The van der Waals surface area contributed by atoms with Crippen LogP contribution in [0.25, 0.3) is 0 Å². The summed E-state index contributed by atoms with van der Waals surface area (Å²) in [5.74, 6) is 0.685. The van der Waals surface area contributed by atoms with Crippen LogP contribution in [0.1, 0.15) is 27.4 Å². The largest absolute Gasteiger partial charge is 0.487 e. The zero-order chi connectivity index (χ0) is 14.7. The van der Waals surface area contributed by atoms with Crippen LogP contribution in [-0.2, 0) is 11.3 Å². The van der Waals surface area contributed by atoms with Gasteiger partial charge in [0.25, 0.3) is 0 Å². The minimum atomic E-state index is -0.438. The molecule has 1 heterocycles. The van der Waals surface area contributed by atoms with Gasteiger partial charge in [0.05, 0.1) is 29.6 Å². The molecule has 2 N–H and O–H groups in total. The number of aromatic nitrogens is 1. The van der Waals surface area contributed by atoms with Crippen LogP contribution in [0, 0.1) is 13.8 Å². The lowest BCUT2D eigenvalue weighted by atomic mass is 10.2. The van der Waals surface area contributed by atoms with E-state index in [0.29, 0.717) is 22.8 Å². The van der Waals surface area contributed by atoms with E-state index in [2.05, 4.69) is 9.89 Å². The molecule has 1 aromatic carbocycles. The SMILES string of the molecule is COC(=O)c1ccc(N)c(OCc2c(C)noc2C)c1. The van der Waals surface area contributed by atoms with E-state index in [-0.39, 0.29) is 6.61 Å². The van der Waals surface area contributed by atoms with Gasteiger partial charge in [-0.25, -0.2) is 4.79 Å². The van der Waals surface area contributed by atoms with Crippen molar-refractivity contribution >= 4 is 11.7 Å². The van der Waals surface area contributed by atoms with Crippen molar-refractivity contribution in [1.82, 2.24) is 5.16 Å². The quantitative estimate of drug-likeness (QED) is 0.680. The average molecular weight is 276 g/mol. The lowest BCUT2D eigenvalue weighted by Gasteiger charge is -2.10. The molecule has 106 valence electrons. The summed E-state index contributed by atoms with van der Waals surface area (Å²) in [6, 6.07) is 4.75. The fraction of sp³-hybridized carbons (Fsp3) is 0.286. The van der Waals surface area contributed by atoms with Crippen molar-refractivity contribution < 1.29 is 18.8 Å². The Labute approximate surface area is 116 Å². The molecule has 0 aliphatic heterocycles. The van der Waals surface area contributed by atoms with Gasteiger partial charge in [-0.2, -0.15) is 0 Å². The van der Waals surface area contributed by atoms with Crippen molar-refractivity contribution in [2.24, 2.45) is 0 Å². The number of aryl methyl sites for hydroxylation is 2. The normalized spacial score (nSPS) is 10.3. The summed E-state index contributed by atoms with van der Waals surface area (Å²) in [5, 5.41) is 3.85. The minimum absolute atomic E-state index is 0.274. The molecule has 0 amide bonds. The van der Waals surface area contributed by atoms with E-state index in [0.717, 1.165) is 11.3 Å². The standard InChI is InChI=1S/C14H16N2O4/c1-8-11(9(2)20-16-8)7-19-13-6-10(14(17)18-3)4-5-12(13)15/h4-6H,7,15H2,1-3H3. The summed E-state index contributed by atoms with van der Waals surface area (Å²) in [4.78, 5) is 11.5. The highest BCUT2D eigenvalue weighted by atomic mass is 16.5. The number of nitrogen functional groups attached to an aromatic ring is 1. The molecule has 2 aromatic rings. The maximum absolute atomic E-state index is 11.5. The van der Waals surface area contributed by atoms with E-state index < -0.39 is 5.97 Å². The number of methoxy groups -OCH3 is 1. The van der Waals surface area contributed by atoms with Crippen molar-refractivity contribution in [3.05, 3.63) is 40.8 Å². The number of carbonyl (C=O) groups is 1. The van der Waals surface area contributed by atoms with E-state index in [1.165, 1.54) is 7.11 Å². The van der Waals surface area contributed by atoms with E-state index in [1.807, 2.05) is 13.8 Å². The maximum atomic E-state index is 11.5. The number of benzene rings is 1. The Morgan fingerprint density at radius 3 is 2.75 bits per heavy atom. The zero-order valence-corrected chi connectivity index (χ0v) is 11.6. The van der Waals surface area contributed by atoms with Crippen LogP contribution in [0.2, 0.25) is 0 Å². The van der Waals surface area contributed by atoms with Crippen molar-refractivity contribution in [2.75, 3.05) is 12.8 Å². The van der Waals surface area contributed by atoms with Crippen molar-refractivity contribution in [1.29, 1.82) is 0 Å². The number of hydrogen-bond acceptors (Lipinski definition) is 6. The van der Waals surface area contributed by atoms with Crippen LogP contribution < -0.4 is 10.5 Å². The van der Waals surface area contributed by atoms with Crippen molar-refractivity contribution in [2.45, 2.75) is 20.5 Å². The van der Waals surface area contributed by atoms with Gasteiger partial charge in [-0.05, 0) is 32.0 Å². The predicted octanol–water partition coefficient (Wildman–Crippen LogP) is 2.24. The molecule has 0 saturated heterocycles. The van der Waals surface area contributed by atoms with E-state index >= 15 is 0 Å². The van der Waals surface area contributed by atoms with Crippen LogP contribution in [0.15, 0.2) is 22.7 Å². The van der Waals surface area contributed by atoms with Crippen LogP contribution in [0.3, 0.4) is 0 Å². The molecule has 1 aromatic heterocycles. The summed E-state index contributed by atoms with van der Waals surface area (Å²) in [6.07, 6.45) is 0. The lowest BCUT2D eigenvalue weighted by Crippen LogP contribution is -2.05. The summed E-state index contributed by atoms with van der Waals surface area (Å²) < 4.78 is 15.4. The Morgan fingerprint density at radius 1 is 1.40 bits per heavy atom. The van der Waals surface area contributed by atoms with Gasteiger partial charge in [-0.15, -0.1) is 0 Å². The Bertz CT molecular complexity index is 615. The van der Waals surface area contributed by atoms with Gasteiger partial charge >= 0.3 is 5.97 Å². The molecule has 0 atom stereocenters. The molecule has 0 aliphatic rings. The molecule has 6 nitrogen and oxygen atoms in total. The zero-order valence-electron chi connectivity index (χ0n) is 11.6. The number of carbonyl (C=O) groups excluding carboxylic acids is 1. The molecule has 0 fully saturated rings. The number of esters is 1. The highest BCUT2D eigenvalue weighted by Gasteiger charge is 2.13. The Balaban J connectivity index is 2.19. The predicted molar refractivity (Wildman–Crippen MR) is 72.5 cm³/mol. The average Bonchev–Trinajstić information content (AvgIpc) is 2.76. The topological polar surface area (TPSA) is 87.6 Å². The monoisotopic (exact) mass is 276 g/mol. The summed E-state index contributed by atoms with van der Waals surface area (Å²) >= 11 is 0. The Kier molecular flexibility index (Phi) is 3.93. The molecule has 0 aliphatic carbocycles. The van der Waals surface area contributed by atoms with Crippen LogP contribution >= 0.6 is 0 Å². The molecule has 2 rings (SSSR count). The number of nitrogens with zero attached hydrogens (tertiary/aromatic N) is 1. The fourth-order valence-electron chi connectivity index (χ4n) is 1.76. The summed E-state index contributed by atoms with van der Waals surface area (Å²) in [7, 11) is 1.32. The molecule has 0 unspecified atom stereocenters. The van der Waals surface area contributed by atoms with Gasteiger partial charge in [0, 0.05) is 0 Å². The van der Waals surface area contributed by atoms with Crippen LogP contribution in [0.4, 0.5) is 5.69 Å². The number of nitrogens with two attached hydrogens (primary N) is 1. The highest BCUT2D eigenvalue weighted by molar-refractivity contribution is 5.90. The van der Waals surface area contributed by atoms with Crippen molar-refractivity contribution in [3.8, 4) is 5.75 Å². The Morgan fingerprint density at radius 2 is 2.15 bits per heavy atom. The third-order valence-corrected chi connectivity index (χ3v) is 2.99. The molecular weight excluding hydrogens is 260 g/mol. The van der Waals surface area contributed by atoms with Gasteiger partial charge < -0.3 is 19.7 Å². The second-order valence-corrected chi connectivity index (χ2v) is 4.34. The van der Waals surface area contributed by atoms with E-state index in [4.69, 9.17) is 15.0 Å². The molecule has 0 saturated carbocycles. The van der Waals surface area contributed by atoms with Gasteiger partial charge in [-0.3, -0.25) is 0 Å². The summed E-state index contributed by atoms with van der Waals surface area (Å²) in [6.45, 7) is 3.92. The first-order valence-corrected chi connectivity index (χ1v) is 6.05. The van der Waals surface area contributed by atoms with Gasteiger partial charge in [0.15, 0.2) is 0 Å². The first-order chi connectivity index (χ1) is 9.52. The van der Waals surface area contributed by atoms with Gasteiger partial charge in [0.1, 0.15) is 18.1 Å². The Hall–Kier alpha value is -2.50. The van der Waals surface area contributed by atoms with Crippen LogP contribution in [-0.4, -0.2) is 18.2 Å². The number of anilines is 1. The van der Waals surface area contributed by atoms with Gasteiger partial charge in [-0.1, -0.05) is 5.16 Å². The molecule has 0 radical (unpaired) electrons. The first kappa shape index (κ1) is 13.9. The summed E-state index contributed by atoms with van der Waals surface area (Å²) in [5.41, 5.74) is 8.30. The molecule has 6 heteroatoms. The second-order valence-electron chi connectivity index (χ2n) is 4.34. The van der Waals surface area contributed by atoms with E-state index in [1.54, 1.807) is 18.2 Å². The number of rotatable bonds is 4. The third-order valence-electron chi connectivity index (χ3n) is 2.99. The van der Waals surface area contributed by atoms with E-state index in [9.17, 15) is 4.79 Å². The molecule has 20 heavy (non-hydrogen) atoms.